The van der Waals surface area contributed by atoms with E-state index in [4.69, 9.17) is 15.3 Å². The second-order valence-corrected chi connectivity index (χ2v) is 6.09. The molecule has 25 heavy (non-hydrogen) atoms. The number of carboxylic acids is 1. The summed E-state index contributed by atoms with van der Waals surface area (Å²) in [6, 6.07) is 0. The third kappa shape index (κ3) is 15.8. The molecule has 0 aromatic rings. The summed E-state index contributed by atoms with van der Waals surface area (Å²) in [7, 11) is 0. The minimum atomic E-state index is -1.73. The average Bonchev–Trinajstić information content (AvgIpc) is 2.60. The number of allylic oxidation sites excluding steroid dienone is 5. The SMILES string of the molecule is O=C(O)C(O)C(O)CC=CCC=CCCC=CCCCCCCCO. The molecule has 0 radical (unpaired) electrons. The number of rotatable bonds is 16. The Morgan fingerprint density at radius 2 is 1.32 bits per heavy atom. The van der Waals surface area contributed by atoms with Crippen LogP contribution in [0, 0.1) is 0 Å². The van der Waals surface area contributed by atoms with Gasteiger partial charge in [0.2, 0.25) is 0 Å². The van der Waals surface area contributed by atoms with Gasteiger partial charge in [-0.3, -0.25) is 0 Å². The summed E-state index contributed by atoms with van der Waals surface area (Å²) < 4.78 is 0. The Kier molecular flexibility index (Phi) is 16.4. The van der Waals surface area contributed by atoms with Crippen LogP contribution in [0.25, 0.3) is 0 Å². The van der Waals surface area contributed by atoms with E-state index in [-0.39, 0.29) is 6.42 Å². The normalized spacial score (nSPS) is 14.7. The highest BCUT2D eigenvalue weighted by Gasteiger charge is 2.21. The zero-order valence-electron chi connectivity index (χ0n) is 15.1. The molecule has 0 bridgehead atoms. The molecule has 2 atom stereocenters. The molecule has 0 saturated heterocycles. The highest BCUT2D eigenvalue weighted by molar-refractivity contribution is 5.72. The molecule has 0 spiro atoms. The number of hydrogen-bond donors (Lipinski definition) is 4. The number of carbonyl (C=O) groups is 1. The van der Waals surface area contributed by atoms with E-state index in [0.29, 0.717) is 6.61 Å². The van der Waals surface area contributed by atoms with E-state index in [0.717, 1.165) is 38.5 Å². The lowest BCUT2D eigenvalue weighted by Crippen LogP contribution is -2.33. The van der Waals surface area contributed by atoms with E-state index < -0.39 is 18.2 Å². The van der Waals surface area contributed by atoms with Crippen LogP contribution in [0.4, 0.5) is 0 Å². The van der Waals surface area contributed by atoms with Crippen molar-refractivity contribution < 1.29 is 25.2 Å². The minimum absolute atomic E-state index is 0.129. The maximum absolute atomic E-state index is 10.5. The van der Waals surface area contributed by atoms with E-state index in [1.165, 1.54) is 19.3 Å². The highest BCUT2D eigenvalue weighted by Crippen LogP contribution is 2.06. The van der Waals surface area contributed by atoms with Crippen molar-refractivity contribution in [3.05, 3.63) is 36.5 Å². The van der Waals surface area contributed by atoms with Crippen LogP contribution < -0.4 is 0 Å². The maximum atomic E-state index is 10.5. The van der Waals surface area contributed by atoms with Gasteiger partial charge in [-0.25, -0.2) is 4.79 Å². The summed E-state index contributed by atoms with van der Waals surface area (Å²) in [4.78, 5) is 10.5. The first kappa shape index (κ1) is 23.6. The summed E-state index contributed by atoms with van der Waals surface area (Å²) >= 11 is 0. The third-order valence-corrected chi connectivity index (χ3v) is 3.80. The molecule has 0 aliphatic rings. The predicted molar refractivity (Wildman–Crippen MR) is 100 cm³/mol. The van der Waals surface area contributed by atoms with Gasteiger partial charge in [0.05, 0.1) is 6.10 Å². The van der Waals surface area contributed by atoms with Crippen LogP contribution in [0.2, 0.25) is 0 Å². The molecule has 0 aromatic carbocycles. The molecular weight excluding hydrogens is 320 g/mol. The highest BCUT2D eigenvalue weighted by atomic mass is 16.4. The van der Waals surface area contributed by atoms with Crippen LogP contribution >= 0.6 is 0 Å². The van der Waals surface area contributed by atoms with Gasteiger partial charge in [-0.1, -0.05) is 55.7 Å². The lowest BCUT2D eigenvalue weighted by molar-refractivity contribution is -0.152. The average molecular weight is 354 g/mol. The van der Waals surface area contributed by atoms with Crippen molar-refractivity contribution in [1.29, 1.82) is 0 Å². The molecule has 0 amide bonds. The predicted octanol–water partition coefficient (Wildman–Crippen LogP) is 3.35. The molecule has 0 heterocycles. The summed E-state index contributed by atoms with van der Waals surface area (Å²) in [5.41, 5.74) is 0. The number of unbranched alkanes of at least 4 members (excludes halogenated alkanes) is 6. The molecular formula is C20H34O5. The number of aliphatic hydroxyl groups excluding tert-OH is 3. The minimum Gasteiger partial charge on any atom is -0.479 e. The van der Waals surface area contributed by atoms with Crippen LogP contribution in [0.15, 0.2) is 36.5 Å². The zero-order valence-corrected chi connectivity index (χ0v) is 15.1. The van der Waals surface area contributed by atoms with Crippen LogP contribution in [0.5, 0.6) is 0 Å². The van der Waals surface area contributed by atoms with Gasteiger partial charge in [0.25, 0.3) is 0 Å². The number of aliphatic hydroxyl groups is 3. The van der Waals surface area contributed by atoms with Gasteiger partial charge in [-0.05, 0) is 44.9 Å². The fourth-order valence-corrected chi connectivity index (χ4v) is 2.25. The smallest absolute Gasteiger partial charge is 0.335 e. The molecule has 0 aliphatic carbocycles. The van der Waals surface area contributed by atoms with Gasteiger partial charge in [0.1, 0.15) is 0 Å². The van der Waals surface area contributed by atoms with Crippen molar-refractivity contribution in [3.8, 4) is 0 Å². The molecule has 4 N–H and O–H groups in total. The Morgan fingerprint density at radius 1 is 0.760 bits per heavy atom. The fraction of sp³-hybridized carbons (Fsp3) is 0.650. The summed E-state index contributed by atoms with van der Waals surface area (Å²) in [6.45, 7) is 0.305. The Morgan fingerprint density at radius 3 is 2.00 bits per heavy atom. The largest absolute Gasteiger partial charge is 0.479 e. The van der Waals surface area contributed by atoms with E-state index >= 15 is 0 Å². The van der Waals surface area contributed by atoms with Crippen molar-refractivity contribution >= 4 is 5.97 Å². The topological polar surface area (TPSA) is 98.0 Å². The van der Waals surface area contributed by atoms with Gasteiger partial charge >= 0.3 is 5.97 Å². The van der Waals surface area contributed by atoms with Gasteiger partial charge in [0, 0.05) is 6.61 Å². The first-order valence-corrected chi connectivity index (χ1v) is 9.24. The standard InChI is InChI=1S/C20H34O5/c21-17-15-13-11-9-7-5-3-1-2-4-6-8-10-12-14-16-18(22)19(23)20(24)25/h1,3,6,8,12,14,18-19,21-23H,2,4-5,7,9-11,13,15-17H2,(H,24,25). The molecule has 0 saturated carbocycles. The number of carboxylic acid groups (broad SMARTS) is 1. The van der Waals surface area contributed by atoms with Crippen LogP contribution in [0.3, 0.4) is 0 Å². The molecule has 0 rings (SSSR count). The summed E-state index contributed by atoms with van der Waals surface area (Å²) in [5, 5.41) is 35.7. The van der Waals surface area contributed by atoms with Gasteiger partial charge < -0.3 is 20.4 Å². The van der Waals surface area contributed by atoms with Crippen molar-refractivity contribution in [2.24, 2.45) is 0 Å². The molecule has 144 valence electrons. The van der Waals surface area contributed by atoms with Gasteiger partial charge in [-0.15, -0.1) is 0 Å². The first-order valence-electron chi connectivity index (χ1n) is 9.24. The summed E-state index contributed by atoms with van der Waals surface area (Å²) in [6.07, 6.45) is 18.8. The molecule has 0 fully saturated rings. The molecule has 0 aliphatic heterocycles. The van der Waals surface area contributed by atoms with Crippen LogP contribution in [-0.4, -0.2) is 45.2 Å². The van der Waals surface area contributed by atoms with Gasteiger partial charge in [0.15, 0.2) is 6.10 Å². The van der Waals surface area contributed by atoms with Crippen molar-refractivity contribution in [1.82, 2.24) is 0 Å². The van der Waals surface area contributed by atoms with E-state index in [1.54, 1.807) is 6.08 Å². The quantitative estimate of drug-likeness (QED) is 0.252. The second-order valence-electron chi connectivity index (χ2n) is 6.09. The van der Waals surface area contributed by atoms with E-state index in [9.17, 15) is 9.90 Å². The van der Waals surface area contributed by atoms with Crippen LogP contribution in [-0.2, 0) is 4.79 Å². The fourth-order valence-electron chi connectivity index (χ4n) is 2.25. The molecule has 5 nitrogen and oxygen atoms in total. The van der Waals surface area contributed by atoms with Crippen molar-refractivity contribution in [2.75, 3.05) is 6.61 Å². The van der Waals surface area contributed by atoms with E-state index in [2.05, 4.69) is 18.2 Å². The Bertz CT molecular complexity index is 401. The van der Waals surface area contributed by atoms with Crippen molar-refractivity contribution in [2.45, 2.75) is 76.4 Å². The number of aliphatic carboxylic acids is 1. The second kappa shape index (κ2) is 17.4. The zero-order chi connectivity index (χ0) is 18.8. The lowest BCUT2D eigenvalue weighted by Gasteiger charge is -2.10. The van der Waals surface area contributed by atoms with Crippen LogP contribution in [0.1, 0.15) is 64.2 Å². The third-order valence-electron chi connectivity index (χ3n) is 3.80. The Hall–Kier alpha value is -1.43. The van der Waals surface area contributed by atoms with E-state index in [1.807, 2.05) is 12.2 Å². The Labute approximate surface area is 151 Å². The Balaban J connectivity index is 3.50. The van der Waals surface area contributed by atoms with Gasteiger partial charge in [-0.2, -0.15) is 0 Å². The first-order chi connectivity index (χ1) is 12.1. The molecule has 2 unspecified atom stereocenters. The number of hydrogen-bond acceptors (Lipinski definition) is 4. The molecule has 0 aromatic heterocycles. The summed E-state index contributed by atoms with van der Waals surface area (Å²) in [5.74, 6) is -1.41. The molecule has 5 heteroatoms. The van der Waals surface area contributed by atoms with Crippen molar-refractivity contribution in [3.63, 3.8) is 0 Å². The monoisotopic (exact) mass is 354 g/mol. The lowest BCUT2D eigenvalue weighted by atomic mass is 10.1. The maximum Gasteiger partial charge on any atom is 0.335 e.